The summed E-state index contributed by atoms with van der Waals surface area (Å²) in [7, 11) is 0. The van der Waals surface area contributed by atoms with E-state index in [0.717, 1.165) is 4.47 Å². The summed E-state index contributed by atoms with van der Waals surface area (Å²) in [6.45, 7) is 0. The van der Waals surface area contributed by atoms with Gasteiger partial charge >= 0.3 is 0 Å². The Hall–Kier alpha value is -0.510. The highest BCUT2D eigenvalue weighted by atomic mass is 79.9. The van der Waals surface area contributed by atoms with Gasteiger partial charge in [-0.2, -0.15) is 5.10 Å². The van der Waals surface area contributed by atoms with E-state index in [-0.39, 0.29) is 0 Å². The Bertz CT molecular complexity index is 270. The molecule has 0 saturated heterocycles. The Labute approximate surface area is 86.4 Å². The molecule has 0 aliphatic heterocycles. The standard InChI is InChI=1S/C9H14BrN3/c10-8-6-13(12-9(8)11)7-4-2-1-3-5-7/h6-7H,1-5H2,(H2,11,12). The molecule has 1 aliphatic rings. The second-order valence-corrected chi connectivity index (χ2v) is 4.49. The van der Waals surface area contributed by atoms with Crippen LogP contribution in [-0.2, 0) is 0 Å². The predicted molar refractivity (Wildman–Crippen MR) is 56.5 cm³/mol. The van der Waals surface area contributed by atoms with Crippen molar-refractivity contribution in [3.05, 3.63) is 10.7 Å². The molecule has 0 spiro atoms. The van der Waals surface area contributed by atoms with E-state index in [2.05, 4.69) is 21.0 Å². The molecule has 2 rings (SSSR count). The van der Waals surface area contributed by atoms with Crippen LogP contribution in [0.5, 0.6) is 0 Å². The number of hydrogen-bond acceptors (Lipinski definition) is 2. The molecule has 0 amide bonds. The SMILES string of the molecule is Nc1nn(C2CCCCC2)cc1Br. The molecule has 1 aromatic rings. The number of nitrogens with zero attached hydrogens (tertiary/aromatic N) is 2. The van der Waals surface area contributed by atoms with Crippen LogP contribution in [0.4, 0.5) is 5.82 Å². The van der Waals surface area contributed by atoms with Crippen LogP contribution in [-0.4, -0.2) is 9.78 Å². The van der Waals surface area contributed by atoms with Crippen LogP contribution >= 0.6 is 15.9 Å². The maximum absolute atomic E-state index is 5.67. The fourth-order valence-electron chi connectivity index (χ4n) is 1.92. The quantitative estimate of drug-likeness (QED) is 0.825. The highest BCUT2D eigenvalue weighted by Gasteiger charge is 2.16. The van der Waals surface area contributed by atoms with Crippen molar-refractivity contribution in [3.8, 4) is 0 Å². The van der Waals surface area contributed by atoms with E-state index in [1.807, 2.05) is 10.9 Å². The van der Waals surface area contributed by atoms with Gasteiger partial charge in [0.1, 0.15) is 0 Å². The minimum atomic E-state index is 0.572. The molecule has 72 valence electrons. The van der Waals surface area contributed by atoms with E-state index in [4.69, 9.17) is 5.73 Å². The third-order valence-electron chi connectivity index (χ3n) is 2.66. The van der Waals surface area contributed by atoms with Crippen molar-refractivity contribution in [3.63, 3.8) is 0 Å². The van der Waals surface area contributed by atoms with Gasteiger partial charge in [-0.3, -0.25) is 4.68 Å². The first-order chi connectivity index (χ1) is 6.27. The van der Waals surface area contributed by atoms with Crippen molar-refractivity contribution in [1.29, 1.82) is 0 Å². The van der Waals surface area contributed by atoms with Gasteiger partial charge in [-0.1, -0.05) is 19.3 Å². The number of anilines is 1. The van der Waals surface area contributed by atoms with E-state index in [1.54, 1.807) is 0 Å². The summed E-state index contributed by atoms with van der Waals surface area (Å²) in [4.78, 5) is 0. The summed E-state index contributed by atoms with van der Waals surface area (Å²) < 4.78 is 2.93. The first kappa shape index (κ1) is 9.06. The lowest BCUT2D eigenvalue weighted by atomic mass is 9.96. The first-order valence-corrected chi connectivity index (χ1v) is 5.57. The molecule has 0 atom stereocenters. The van der Waals surface area contributed by atoms with Crippen molar-refractivity contribution >= 4 is 21.7 Å². The van der Waals surface area contributed by atoms with Crippen LogP contribution in [0.2, 0.25) is 0 Å². The molecule has 3 nitrogen and oxygen atoms in total. The molecule has 1 aliphatic carbocycles. The van der Waals surface area contributed by atoms with Crippen molar-refractivity contribution in [1.82, 2.24) is 9.78 Å². The van der Waals surface area contributed by atoms with Crippen LogP contribution < -0.4 is 5.73 Å². The zero-order valence-electron chi connectivity index (χ0n) is 7.54. The molecule has 0 unspecified atom stereocenters. The first-order valence-electron chi connectivity index (χ1n) is 4.77. The predicted octanol–water partition coefficient (Wildman–Crippen LogP) is 2.73. The second-order valence-electron chi connectivity index (χ2n) is 3.63. The molecule has 13 heavy (non-hydrogen) atoms. The van der Waals surface area contributed by atoms with Gasteiger partial charge < -0.3 is 5.73 Å². The Kier molecular flexibility index (Phi) is 2.58. The highest BCUT2D eigenvalue weighted by Crippen LogP contribution is 2.29. The maximum Gasteiger partial charge on any atom is 0.159 e. The van der Waals surface area contributed by atoms with Crippen LogP contribution in [0.25, 0.3) is 0 Å². The van der Waals surface area contributed by atoms with Gasteiger partial charge in [0.15, 0.2) is 5.82 Å². The van der Waals surface area contributed by atoms with Crippen LogP contribution in [0.15, 0.2) is 10.7 Å². The summed E-state index contributed by atoms with van der Waals surface area (Å²) in [5.41, 5.74) is 5.67. The summed E-state index contributed by atoms with van der Waals surface area (Å²) in [5.74, 6) is 0.602. The Morgan fingerprint density at radius 2 is 2.08 bits per heavy atom. The minimum Gasteiger partial charge on any atom is -0.381 e. The lowest BCUT2D eigenvalue weighted by Crippen LogP contribution is -2.13. The molecular weight excluding hydrogens is 230 g/mol. The summed E-state index contributed by atoms with van der Waals surface area (Å²) in [6, 6.07) is 0.572. The van der Waals surface area contributed by atoms with Crippen LogP contribution in [0.1, 0.15) is 38.1 Å². The molecule has 0 radical (unpaired) electrons. The number of aromatic nitrogens is 2. The number of rotatable bonds is 1. The van der Waals surface area contributed by atoms with E-state index in [0.29, 0.717) is 11.9 Å². The van der Waals surface area contributed by atoms with Gasteiger partial charge in [0.25, 0.3) is 0 Å². The molecule has 2 N–H and O–H groups in total. The Morgan fingerprint density at radius 3 is 2.62 bits per heavy atom. The number of hydrogen-bond donors (Lipinski definition) is 1. The normalized spacial score (nSPS) is 19.2. The van der Waals surface area contributed by atoms with Crippen LogP contribution in [0.3, 0.4) is 0 Å². The molecule has 0 aromatic carbocycles. The van der Waals surface area contributed by atoms with Gasteiger partial charge in [-0.05, 0) is 28.8 Å². The Balaban J connectivity index is 2.14. The molecular formula is C9H14BrN3. The maximum atomic E-state index is 5.67. The van der Waals surface area contributed by atoms with E-state index in [1.165, 1.54) is 32.1 Å². The van der Waals surface area contributed by atoms with Crippen molar-refractivity contribution in [2.24, 2.45) is 0 Å². The van der Waals surface area contributed by atoms with Crippen molar-refractivity contribution in [2.45, 2.75) is 38.1 Å². The smallest absolute Gasteiger partial charge is 0.159 e. The van der Waals surface area contributed by atoms with E-state index < -0.39 is 0 Å². The molecule has 1 heterocycles. The minimum absolute atomic E-state index is 0.572. The number of nitrogens with two attached hydrogens (primary N) is 1. The fourth-order valence-corrected chi connectivity index (χ4v) is 2.21. The van der Waals surface area contributed by atoms with Gasteiger partial charge in [-0.25, -0.2) is 0 Å². The number of halogens is 1. The Morgan fingerprint density at radius 1 is 1.38 bits per heavy atom. The fraction of sp³-hybridized carbons (Fsp3) is 0.667. The molecule has 1 aromatic heterocycles. The highest BCUT2D eigenvalue weighted by molar-refractivity contribution is 9.10. The molecule has 0 bridgehead atoms. The number of nitrogen functional groups attached to an aromatic ring is 1. The van der Waals surface area contributed by atoms with Crippen molar-refractivity contribution < 1.29 is 0 Å². The third-order valence-corrected chi connectivity index (χ3v) is 3.27. The second kappa shape index (κ2) is 3.70. The van der Waals surface area contributed by atoms with Gasteiger partial charge in [0, 0.05) is 6.20 Å². The zero-order chi connectivity index (χ0) is 9.26. The zero-order valence-corrected chi connectivity index (χ0v) is 9.13. The largest absolute Gasteiger partial charge is 0.381 e. The summed E-state index contributed by atoms with van der Waals surface area (Å²) >= 11 is 3.37. The third kappa shape index (κ3) is 1.88. The summed E-state index contributed by atoms with van der Waals surface area (Å²) in [5, 5.41) is 4.28. The topological polar surface area (TPSA) is 43.8 Å². The summed E-state index contributed by atoms with van der Waals surface area (Å²) in [6.07, 6.45) is 8.49. The van der Waals surface area contributed by atoms with Gasteiger partial charge in [0.2, 0.25) is 0 Å². The van der Waals surface area contributed by atoms with Crippen molar-refractivity contribution in [2.75, 3.05) is 5.73 Å². The van der Waals surface area contributed by atoms with Gasteiger partial charge in [-0.15, -0.1) is 0 Å². The molecule has 1 saturated carbocycles. The van der Waals surface area contributed by atoms with Crippen LogP contribution in [0, 0.1) is 0 Å². The molecule has 4 heteroatoms. The van der Waals surface area contributed by atoms with E-state index >= 15 is 0 Å². The average molecular weight is 244 g/mol. The lowest BCUT2D eigenvalue weighted by Gasteiger charge is -2.21. The van der Waals surface area contributed by atoms with Gasteiger partial charge in [0.05, 0.1) is 10.5 Å². The van der Waals surface area contributed by atoms with E-state index in [9.17, 15) is 0 Å². The molecule has 1 fully saturated rings. The monoisotopic (exact) mass is 243 g/mol. The lowest BCUT2D eigenvalue weighted by molar-refractivity contribution is 0.330. The average Bonchev–Trinajstić information content (AvgIpc) is 2.49.